The summed E-state index contributed by atoms with van der Waals surface area (Å²) in [7, 11) is 0. The molecule has 0 saturated heterocycles. The van der Waals surface area contributed by atoms with Crippen LogP contribution in [0.2, 0.25) is 0 Å². The van der Waals surface area contributed by atoms with E-state index in [1.807, 2.05) is 0 Å². The van der Waals surface area contributed by atoms with Crippen molar-refractivity contribution in [3.8, 4) is 0 Å². The second kappa shape index (κ2) is 3.55. The Morgan fingerprint density at radius 2 is 1.26 bits per heavy atom. The minimum Gasteiger partial charge on any atom is -0.417 e. The number of aryl methyl sites for hydroxylation is 1. The third-order valence-electron chi connectivity index (χ3n) is 2.72. The van der Waals surface area contributed by atoms with E-state index in [4.69, 9.17) is 8.83 Å². The first-order chi connectivity index (χ1) is 8.97. The predicted octanol–water partition coefficient (Wildman–Crippen LogP) is -0.416. The Morgan fingerprint density at radius 1 is 0.842 bits per heavy atom. The smallest absolute Gasteiger partial charge is 0.402 e. The minimum absolute atomic E-state index is 0.0901. The second-order valence-corrected chi connectivity index (χ2v) is 3.94. The number of nitrogens with one attached hydrogen (secondary N) is 2. The Labute approximate surface area is 102 Å². The number of hydrogen-bond acceptors (Lipinski definition) is 6. The summed E-state index contributed by atoms with van der Waals surface area (Å²) in [6.45, 7) is 1.53. The van der Waals surface area contributed by atoms with Gasteiger partial charge in [-0.05, 0) is 13.0 Å². The third kappa shape index (κ3) is 1.53. The van der Waals surface area contributed by atoms with Crippen LogP contribution >= 0.6 is 0 Å². The van der Waals surface area contributed by atoms with Gasteiger partial charge in [0, 0.05) is 5.56 Å². The van der Waals surface area contributed by atoms with Gasteiger partial charge in [-0.1, -0.05) is 0 Å². The first kappa shape index (κ1) is 11.2. The van der Waals surface area contributed by atoms with Gasteiger partial charge in [0.25, 0.3) is 0 Å². The topological polar surface area (TPSA) is 126 Å². The Morgan fingerprint density at radius 3 is 1.68 bits per heavy atom. The molecule has 1 aromatic carbocycles. The van der Waals surface area contributed by atoms with Gasteiger partial charge in [-0.3, -0.25) is 9.59 Å². The first-order valence-corrected chi connectivity index (χ1v) is 5.21. The molecule has 2 aromatic heterocycles. The lowest BCUT2D eigenvalue weighted by Gasteiger charge is -2.03. The van der Waals surface area contributed by atoms with E-state index in [-0.39, 0.29) is 22.2 Å². The van der Waals surface area contributed by atoms with E-state index in [1.54, 1.807) is 0 Å². The fourth-order valence-electron chi connectivity index (χ4n) is 1.86. The van der Waals surface area contributed by atoms with Crippen LogP contribution < -0.4 is 22.4 Å². The summed E-state index contributed by atoms with van der Waals surface area (Å²) in [6.07, 6.45) is 0. The molecule has 3 aromatic rings. The molecule has 0 unspecified atom stereocenters. The lowest BCUT2D eigenvalue weighted by Crippen LogP contribution is -2.27. The molecular formula is C11H6N2O6. The number of fused-ring (bicyclic) bond motifs is 2. The van der Waals surface area contributed by atoms with Gasteiger partial charge in [-0.15, -0.1) is 0 Å². The van der Waals surface area contributed by atoms with Gasteiger partial charge in [-0.2, -0.15) is 0 Å². The van der Waals surface area contributed by atoms with Crippen LogP contribution in [0.1, 0.15) is 5.56 Å². The molecule has 96 valence electrons. The average molecular weight is 262 g/mol. The van der Waals surface area contributed by atoms with Crippen LogP contribution in [0.5, 0.6) is 0 Å². The molecule has 0 bridgehead atoms. The maximum absolute atomic E-state index is 11.2. The van der Waals surface area contributed by atoms with E-state index >= 15 is 0 Å². The van der Waals surface area contributed by atoms with Crippen LogP contribution in [0.15, 0.2) is 34.1 Å². The van der Waals surface area contributed by atoms with E-state index in [1.165, 1.54) is 13.0 Å². The van der Waals surface area contributed by atoms with Crippen LogP contribution in [-0.4, -0.2) is 9.97 Å². The Balaban J connectivity index is 2.67. The molecule has 19 heavy (non-hydrogen) atoms. The van der Waals surface area contributed by atoms with Gasteiger partial charge in [0.15, 0.2) is 11.2 Å². The zero-order valence-corrected chi connectivity index (χ0v) is 9.53. The highest BCUT2D eigenvalue weighted by atomic mass is 16.4. The number of aromatic nitrogens is 2. The lowest BCUT2D eigenvalue weighted by molar-refractivity contribution is 0.530. The second-order valence-electron chi connectivity index (χ2n) is 3.94. The van der Waals surface area contributed by atoms with Crippen molar-refractivity contribution in [1.29, 1.82) is 0 Å². The van der Waals surface area contributed by atoms with E-state index in [0.717, 1.165) is 0 Å². The van der Waals surface area contributed by atoms with Crippen LogP contribution in [0.4, 0.5) is 0 Å². The molecule has 0 spiro atoms. The monoisotopic (exact) mass is 262 g/mol. The van der Waals surface area contributed by atoms with E-state index in [2.05, 4.69) is 9.97 Å². The fourth-order valence-corrected chi connectivity index (χ4v) is 1.86. The molecule has 2 N–H and O–H groups in total. The van der Waals surface area contributed by atoms with Gasteiger partial charge < -0.3 is 18.8 Å². The van der Waals surface area contributed by atoms with Gasteiger partial charge in [0.2, 0.25) is 0 Å². The summed E-state index contributed by atoms with van der Waals surface area (Å²) >= 11 is 0. The van der Waals surface area contributed by atoms with Crippen molar-refractivity contribution in [2.24, 2.45) is 0 Å². The fraction of sp³-hybridized carbons (Fsp3) is 0.0909. The summed E-state index contributed by atoms with van der Waals surface area (Å²) in [6, 6.07) is 1.35. The summed E-state index contributed by atoms with van der Waals surface area (Å²) in [5.74, 6) is 0. The molecule has 0 aliphatic carbocycles. The van der Waals surface area contributed by atoms with Crippen LogP contribution in [0.25, 0.3) is 22.2 Å². The highest BCUT2D eigenvalue weighted by Crippen LogP contribution is 2.22. The van der Waals surface area contributed by atoms with Crippen molar-refractivity contribution < 1.29 is 8.83 Å². The standard InChI is InChI=1S/C11H6N2O6/c1-3-6-4(12-8(14)10(16)18-6)2-5-7(3)19-11(17)9(15)13-5/h2H,1H3,(H,12,14)(H,13,15). The normalized spacial score (nSPS) is 11.2. The maximum Gasteiger partial charge on any atom is 0.402 e. The molecule has 0 aliphatic rings. The third-order valence-corrected chi connectivity index (χ3v) is 2.72. The number of aromatic amines is 2. The van der Waals surface area contributed by atoms with E-state index in [9.17, 15) is 19.2 Å². The lowest BCUT2D eigenvalue weighted by atomic mass is 10.2. The molecule has 0 radical (unpaired) electrons. The predicted molar refractivity (Wildman–Crippen MR) is 64.5 cm³/mol. The number of H-pyrrole nitrogens is 2. The van der Waals surface area contributed by atoms with Crippen molar-refractivity contribution in [2.45, 2.75) is 6.92 Å². The molecule has 0 aliphatic heterocycles. The van der Waals surface area contributed by atoms with Crippen molar-refractivity contribution in [1.82, 2.24) is 9.97 Å². The molecule has 0 saturated carbocycles. The van der Waals surface area contributed by atoms with E-state index < -0.39 is 22.4 Å². The number of hydrogen-bond donors (Lipinski definition) is 2. The zero-order valence-electron chi connectivity index (χ0n) is 9.53. The average Bonchev–Trinajstić information content (AvgIpc) is 2.35. The molecule has 2 heterocycles. The van der Waals surface area contributed by atoms with Crippen molar-refractivity contribution >= 4 is 22.2 Å². The molecule has 0 fully saturated rings. The van der Waals surface area contributed by atoms with Gasteiger partial charge in [0.05, 0.1) is 11.0 Å². The maximum atomic E-state index is 11.2. The summed E-state index contributed by atoms with van der Waals surface area (Å²) < 4.78 is 9.70. The van der Waals surface area contributed by atoms with Crippen LogP contribution in [-0.2, 0) is 0 Å². The minimum atomic E-state index is -1.05. The Hall–Kier alpha value is -2.90. The van der Waals surface area contributed by atoms with Gasteiger partial charge in [0.1, 0.15) is 0 Å². The number of rotatable bonds is 0. The molecule has 3 rings (SSSR count). The van der Waals surface area contributed by atoms with Crippen molar-refractivity contribution in [3.05, 3.63) is 53.2 Å². The van der Waals surface area contributed by atoms with E-state index in [0.29, 0.717) is 5.56 Å². The van der Waals surface area contributed by atoms with Crippen molar-refractivity contribution in [3.63, 3.8) is 0 Å². The van der Waals surface area contributed by atoms with Crippen LogP contribution in [0.3, 0.4) is 0 Å². The molecule has 0 amide bonds. The SMILES string of the molecule is Cc1c2oc(=O)c(=O)[nH]c2cc2[nH]c(=O)c(=O)oc12. The summed E-state index contributed by atoms with van der Waals surface area (Å²) in [4.78, 5) is 49.4. The number of benzene rings is 1. The molecular weight excluding hydrogens is 256 g/mol. The highest BCUT2D eigenvalue weighted by molar-refractivity contribution is 5.92. The zero-order chi connectivity index (χ0) is 13.7. The van der Waals surface area contributed by atoms with Crippen LogP contribution in [0, 0.1) is 6.92 Å². The first-order valence-electron chi connectivity index (χ1n) is 5.21. The van der Waals surface area contributed by atoms with Crippen molar-refractivity contribution in [2.75, 3.05) is 0 Å². The summed E-state index contributed by atoms with van der Waals surface area (Å²) in [5.41, 5.74) is -2.98. The summed E-state index contributed by atoms with van der Waals surface area (Å²) in [5, 5.41) is 0. The molecule has 0 atom stereocenters. The molecule has 8 nitrogen and oxygen atoms in total. The Kier molecular flexibility index (Phi) is 2.09. The highest BCUT2D eigenvalue weighted by Gasteiger charge is 2.12. The molecule has 8 heteroatoms. The Bertz CT molecular complexity index is 967. The van der Waals surface area contributed by atoms with Gasteiger partial charge >= 0.3 is 22.4 Å². The largest absolute Gasteiger partial charge is 0.417 e. The quantitative estimate of drug-likeness (QED) is 0.418. The van der Waals surface area contributed by atoms with Gasteiger partial charge in [-0.25, -0.2) is 9.59 Å².